The summed E-state index contributed by atoms with van der Waals surface area (Å²) in [7, 11) is 0. The molecular formula is C36H41F9N4O4S. The molecule has 1 saturated carbocycles. The minimum atomic E-state index is -5.15. The van der Waals surface area contributed by atoms with E-state index in [1.807, 2.05) is 4.90 Å². The van der Waals surface area contributed by atoms with Crippen molar-refractivity contribution in [2.45, 2.75) is 77.1 Å². The molecule has 4 rings (SSSR count). The fraction of sp³-hybridized carbons (Fsp3) is 0.528. The first-order valence-electron chi connectivity index (χ1n) is 17.1. The van der Waals surface area contributed by atoms with E-state index in [1.165, 1.54) is 36.5 Å². The highest BCUT2D eigenvalue weighted by atomic mass is 32.2. The van der Waals surface area contributed by atoms with Crippen LogP contribution in [0.3, 0.4) is 0 Å². The van der Waals surface area contributed by atoms with E-state index >= 15 is 0 Å². The van der Waals surface area contributed by atoms with Gasteiger partial charge in [-0.2, -0.15) is 39.5 Å². The second kappa shape index (κ2) is 17.7. The largest absolute Gasteiger partial charge is 0.616 e. The van der Waals surface area contributed by atoms with Gasteiger partial charge in [0.05, 0.1) is 41.4 Å². The molecule has 8 nitrogen and oxygen atoms in total. The first-order valence-corrected chi connectivity index (χ1v) is 18.9. The molecule has 0 radical (unpaired) electrons. The molecule has 0 unspecified atom stereocenters. The Morgan fingerprint density at radius 1 is 0.907 bits per heavy atom. The molecule has 1 aromatic heterocycles. The van der Waals surface area contributed by atoms with Crippen LogP contribution < -0.4 is 14.5 Å². The van der Waals surface area contributed by atoms with Crippen LogP contribution in [0.4, 0.5) is 51.1 Å². The zero-order valence-corrected chi connectivity index (χ0v) is 30.5. The van der Waals surface area contributed by atoms with Crippen molar-refractivity contribution in [2.75, 3.05) is 41.5 Å². The molecule has 0 saturated heterocycles. The van der Waals surface area contributed by atoms with Gasteiger partial charge >= 0.3 is 24.5 Å². The molecule has 1 heterocycles. The lowest BCUT2D eigenvalue weighted by Gasteiger charge is -2.36. The maximum atomic E-state index is 14.1. The number of halogens is 9. The molecule has 3 aromatic rings. The summed E-state index contributed by atoms with van der Waals surface area (Å²) in [4.78, 5) is 22.8. The van der Waals surface area contributed by atoms with Crippen molar-refractivity contribution in [3.8, 4) is 5.75 Å². The third-order valence-electron chi connectivity index (χ3n) is 9.45. The van der Waals surface area contributed by atoms with Crippen molar-refractivity contribution in [1.29, 1.82) is 0 Å². The van der Waals surface area contributed by atoms with Crippen molar-refractivity contribution < 1.29 is 58.7 Å². The minimum Gasteiger partial charge on any atom is -0.616 e. The van der Waals surface area contributed by atoms with E-state index < -0.39 is 70.5 Å². The first kappa shape index (κ1) is 42.8. The maximum Gasteiger partial charge on any atom is 0.416 e. The molecule has 298 valence electrons. The van der Waals surface area contributed by atoms with E-state index in [4.69, 9.17) is 4.74 Å². The molecular weight excluding hydrogens is 755 g/mol. The normalized spacial score (nSPS) is 17.9. The molecule has 0 amide bonds. The SMILES string of the molecule is CCN(C[C@H]1CC[C@H](CC(=O)O)CC1)c1ccc(C(F)(F)F)cc1CN(c1ncc(OCC[S@@+](C)[O-])cn1)[C@@H](C)c1cc(C(F)(F)F)cc(C(F)(F)F)c1. The lowest BCUT2D eigenvalue weighted by molar-refractivity contribution is -0.143. The summed E-state index contributed by atoms with van der Waals surface area (Å²) in [6.45, 7) is 3.43. The van der Waals surface area contributed by atoms with E-state index in [0.29, 0.717) is 56.6 Å². The summed E-state index contributed by atoms with van der Waals surface area (Å²) in [6, 6.07) is 2.87. The van der Waals surface area contributed by atoms with Gasteiger partial charge in [0.15, 0.2) is 5.75 Å². The Morgan fingerprint density at radius 3 is 1.96 bits per heavy atom. The molecule has 1 N–H and O–H groups in total. The Bertz CT molecular complexity index is 1670. The van der Waals surface area contributed by atoms with Crippen LogP contribution >= 0.6 is 0 Å². The summed E-state index contributed by atoms with van der Waals surface area (Å²) < 4.78 is 143. The molecule has 0 bridgehead atoms. The van der Waals surface area contributed by atoms with Gasteiger partial charge in [0.1, 0.15) is 12.4 Å². The molecule has 1 aliphatic rings. The summed E-state index contributed by atoms with van der Waals surface area (Å²) >= 11 is -1.18. The Balaban J connectivity index is 1.79. The van der Waals surface area contributed by atoms with Gasteiger partial charge in [-0.05, 0) is 98.9 Å². The highest BCUT2D eigenvalue weighted by molar-refractivity contribution is 7.90. The number of anilines is 2. The smallest absolute Gasteiger partial charge is 0.416 e. The maximum absolute atomic E-state index is 14.1. The van der Waals surface area contributed by atoms with Crippen molar-refractivity contribution >= 4 is 28.8 Å². The van der Waals surface area contributed by atoms with Gasteiger partial charge in [0.2, 0.25) is 5.95 Å². The number of aliphatic carboxylic acids is 1. The Kier molecular flexibility index (Phi) is 14.0. The molecule has 1 fully saturated rings. The van der Waals surface area contributed by atoms with E-state index in [0.717, 1.165) is 12.1 Å². The summed E-state index contributed by atoms with van der Waals surface area (Å²) in [5, 5.41) is 9.19. The van der Waals surface area contributed by atoms with Crippen LogP contribution in [0.2, 0.25) is 0 Å². The third kappa shape index (κ3) is 11.8. The second-order valence-corrected chi connectivity index (χ2v) is 14.9. The zero-order chi connectivity index (χ0) is 40.0. The Labute approximate surface area is 309 Å². The predicted octanol–water partition coefficient (Wildman–Crippen LogP) is 9.17. The number of aromatic nitrogens is 2. The van der Waals surface area contributed by atoms with Gasteiger partial charge < -0.3 is 24.2 Å². The van der Waals surface area contributed by atoms with E-state index in [-0.39, 0.29) is 53.9 Å². The molecule has 0 aliphatic heterocycles. The monoisotopic (exact) mass is 796 g/mol. The number of carboxylic acid groups (broad SMARTS) is 1. The van der Waals surface area contributed by atoms with Gasteiger partial charge in [-0.3, -0.25) is 4.79 Å². The topological polar surface area (TPSA) is 102 Å². The lowest BCUT2D eigenvalue weighted by Crippen LogP contribution is -2.34. The second-order valence-electron chi connectivity index (χ2n) is 13.4. The molecule has 54 heavy (non-hydrogen) atoms. The number of benzene rings is 2. The Hall–Kier alpha value is -3.93. The number of carbonyl (C=O) groups is 1. The van der Waals surface area contributed by atoms with E-state index in [9.17, 15) is 54.0 Å². The fourth-order valence-corrected chi connectivity index (χ4v) is 6.86. The van der Waals surface area contributed by atoms with Gasteiger partial charge in [0, 0.05) is 31.7 Å². The average Bonchev–Trinajstić information content (AvgIpc) is 3.08. The first-order chi connectivity index (χ1) is 25.1. The molecule has 18 heteroatoms. The van der Waals surface area contributed by atoms with Crippen LogP contribution in [-0.2, 0) is 41.0 Å². The summed E-state index contributed by atoms with van der Waals surface area (Å²) in [5.41, 5.74) is -4.15. The van der Waals surface area contributed by atoms with E-state index in [2.05, 4.69) is 9.97 Å². The number of carboxylic acids is 1. The minimum absolute atomic E-state index is 0.00824. The van der Waals surface area contributed by atoms with Crippen LogP contribution in [0.5, 0.6) is 5.75 Å². The van der Waals surface area contributed by atoms with Crippen LogP contribution in [0.1, 0.15) is 79.8 Å². The number of ether oxygens (including phenoxy) is 1. The lowest BCUT2D eigenvalue weighted by atomic mass is 9.80. The van der Waals surface area contributed by atoms with Gasteiger partial charge in [0.25, 0.3) is 0 Å². The number of hydrogen-bond donors (Lipinski definition) is 1. The summed E-state index contributed by atoms with van der Waals surface area (Å²) in [6.07, 6.45) is -8.46. The average molecular weight is 797 g/mol. The van der Waals surface area contributed by atoms with Crippen molar-refractivity contribution in [1.82, 2.24) is 9.97 Å². The standard InChI is InChI=1S/C36H41F9N4O4S/c1-4-48(20-24-7-5-23(6-8-24)13-32(50)51)31-10-9-27(34(37,38)39)16-26(31)21-49(33-46-18-30(19-47-33)53-11-12-54(3)52)22(2)25-14-28(35(40,41)42)17-29(15-25)36(43,44)45/h9-10,14-19,22-24H,4-8,11-13,20-21H2,1-3H3,(H,50,51)/t22-,23-,24-,54+/m0/s1. The van der Waals surface area contributed by atoms with Gasteiger partial charge in [-0.1, -0.05) is 11.2 Å². The van der Waals surface area contributed by atoms with Crippen molar-refractivity contribution in [2.24, 2.45) is 11.8 Å². The summed E-state index contributed by atoms with van der Waals surface area (Å²) in [5.74, 6) is -0.702. The molecule has 2 aromatic carbocycles. The quantitative estimate of drug-likeness (QED) is 0.120. The Morgan fingerprint density at radius 2 is 1.46 bits per heavy atom. The third-order valence-corrected chi connectivity index (χ3v) is 10.2. The van der Waals surface area contributed by atoms with Crippen LogP contribution in [0.25, 0.3) is 0 Å². The highest BCUT2D eigenvalue weighted by Gasteiger charge is 2.38. The van der Waals surface area contributed by atoms with Crippen molar-refractivity contribution in [3.05, 3.63) is 76.6 Å². The zero-order valence-electron chi connectivity index (χ0n) is 29.7. The van der Waals surface area contributed by atoms with Gasteiger partial charge in [-0.15, -0.1) is 0 Å². The van der Waals surface area contributed by atoms with Gasteiger partial charge in [-0.25, -0.2) is 9.97 Å². The molecule has 1 aliphatic carbocycles. The van der Waals surface area contributed by atoms with E-state index in [1.54, 1.807) is 6.92 Å². The van der Waals surface area contributed by atoms with Crippen molar-refractivity contribution in [3.63, 3.8) is 0 Å². The predicted molar refractivity (Wildman–Crippen MR) is 185 cm³/mol. The number of rotatable bonds is 15. The van der Waals surface area contributed by atoms with Crippen LogP contribution in [0.15, 0.2) is 48.8 Å². The number of hydrogen-bond acceptors (Lipinski definition) is 7. The highest BCUT2D eigenvalue weighted by Crippen LogP contribution is 2.41. The number of nitrogens with zero attached hydrogens (tertiary/aromatic N) is 4. The number of alkyl halides is 9. The fourth-order valence-electron chi connectivity index (χ4n) is 6.55. The van der Waals surface area contributed by atoms with Crippen LogP contribution in [-0.4, -0.2) is 57.3 Å². The molecule has 2 atom stereocenters. The molecule has 0 spiro atoms. The van der Waals surface area contributed by atoms with Crippen LogP contribution in [0, 0.1) is 11.8 Å².